The van der Waals surface area contributed by atoms with E-state index in [0.29, 0.717) is 25.1 Å². The predicted octanol–water partition coefficient (Wildman–Crippen LogP) is 3.45. The van der Waals surface area contributed by atoms with Crippen LogP contribution in [0.5, 0.6) is 0 Å². The number of halogens is 1. The Labute approximate surface area is 157 Å². The number of alkyl halides is 1. The monoisotopic (exact) mass is 405 g/mol. The maximum Gasteiger partial charge on any atom is 0.347 e. The summed E-state index contributed by atoms with van der Waals surface area (Å²) in [7, 11) is 3.88. The summed E-state index contributed by atoms with van der Waals surface area (Å²) < 4.78 is 11.7. The third kappa shape index (κ3) is 4.91. The van der Waals surface area contributed by atoms with Crippen molar-refractivity contribution < 1.29 is 14.3 Å². The highest BCUT2D eigenvalue weighted by atomic mass is 79.9. The minimum Gasteiger partial charge on any atom is -0.462 e. The number of ether oxygens (including phenoxy) is 2. The summed E-state index contributed by atoms with van der Waals surface area (Å²) in [6.07, 6.45) is 0. The molecule has 0 saturated carbocycles. The van der Waals surface area contributed by atoms with E-state index in [-0.39, 0.29) is 0 Å². The molecule has 0 atom stereocenters. The van der Waals surface area contributed by atoms with Gasteiger partial charge in [-0.3, -0.25) is 0 Å². The number of benzene rings is 2. The van der Waals surface area contributed by atoms with Crippen LogP contribution in [0.1, 0.15) is 11.1 Å². The quantitative estimate of drug-likeness (QED) is 0.473. The van der Waals surface area contributed by atoms with Gasteiger partial charge in [-0.2, -0.15) is 0 Å². The predicted molar refractivity (Wildman–Crippen MR) is 103 cm³/mol. The standard InChI is InChI=1S/C20H24BrNO3/c1-22(2)14-16-24-19(23)20(25-15-13-21,17-9-5-3-6-10-17)18-11-7-4-8-12-18/h3-12H,13-16H2,1-2H3. The molecule has 0 aliphatic heterocycles. The lowest BCUT2D eigenvalue weighted by molar-refractivity contribution is -0.168. The van der Waals surface area contributed by atoms with Crippen LogP contribution in [0.15, 0.2) is 60.7 Å². The van der Waals surface area contributed by atoms with E-state index in [1.807, 2.05) is 79.7 Å². The Morgan fingerprint density at radius 2 is 1.48 bits per heavy atom. The van der Waals surface area contributed by atoms with Gasteiger partial charge in [0.2, 0.25) is 5.60 Å². The Morgan fingerprint density at radius 1 is 0.960 bits per heavy atom. The first-order valence-corrected chi connectivity index (χ1v) is 9.36. The van der Waals surface area contributed by atoms with E-state index in [9.17, 15) is 4.79 Å². The summed E-state index contributed by atoms with van der Waals surface area (Å²) in [4.78, 5) is 15.1. The molecule has 0 fully saturated rings. The maximum atomic E-state index is 13.2. The Bertz CT molecular complexity index is 607. The lowest BCUT2D eigenvalue weighted by Gasteiger charge is -2.32. The molecule has 0 amide bonds. The molecule has 0 radical (unpaired) electrons. The molecule has 0 aliphatic rings. The lowest BCUT2D eigenvalue weighted by Crippen LogP contribution is -2.42. The van der Waals surface area contributed by atoms with Gasteiger partial charge in [-0.1, -0.05) is 76.6 Å². The van der Waals surface area contributed by atoms with Gasteiger partial charge in [0.1, 0.15) is 6.61 Å². The molecule has 0 aliphatic carbocycles. The summed E-state index contributed by atoms with van der Waals surface area (Å²) in [5.74, 6) is -0.396. The fourth-order valence-electron chi connectivity index (χ4n) is 2.59. The number of rotatable bonds is 9. The van der Waals surface area contributed by atoms with Crippen molar-refractivity contribution in [2.75, 3.05) is 39.2 Å². The Hall–Kier alpha value is -1.69. The van der Waals surface area contributed by atoms with Crippen molar-refractivity contribution in [3.63, 3.8) is 0 Å². The molecule has 0 aromatic heterocycles. The number of hydrogen-bond acceptors (Lipinski definition) is 4. The smallest absolute Gasteiger partial charge is 0.347 e. The van der Waals surface area contributed by atoms with Gasteiger partial charge in [0.05, 0.1) is 6.61 Å². The third-order valence-corrected chi connectivity index (χ3v) is 4.14. The SMILES string of the molecule is CN(C)CCOC(=O)C(OCCBr)(c1ccccc1)c1ccccc1. The van der Waals surface area contributed by atoms with E-state index in [0.717, 1.165) is 11.1 Å². The van der Waals surface area contributed by atoms with Gasteiger partial charge in [-0.05, 0) is 25.2 Å². The Balaban J connectivity index is 2.45. The van der Waals surface area contributed by atoms with Gasteiger partial charge in [0.25, 0.3) is 0 Å². The molecule has 0 bridgehead atoms. The van der Waals surface area contributed by atoms with Crippen molar-refractivity contribution in [2.45, 2.75) is 5.60 Å². The number of nitrogens with zero attached hydrogens (tertiary/aromatic N) is 1. The number of carbonyl (C=O) groups is 1. The lowest BCUT2D eigenvalue weighted by atomic mass is 9.86. The van der Waals surface area contributed by atoms with Crippen LogP contribution in [0.25, 0.3) is 0 Å². The van der Waals surface area contributed by atoms with Crippen LogP contribution in [-0.4, -0.2) is 50.1 Å². The number of hydrogen-bond donors (Lipinski definition) is 0. The van der Waals surface area contributed by atoms with E-state index in [2.05, 4.69) is 15.9 Å². The van der Waals surface area contributed by atoms with E-state index in [1.54, 1.807) is 0 Å². The number of likely N-dealkylation sites (N-methyl/N-ethyl adjacent to an activating group) is 1. The van der Waals surface area contributed by atoms with Crippen LogP contribution in [0.3, 0.4) is 0 Å². The first kappa shape index (κ1) is 19.6. The van der Waals surface area contributed by atoms with Crippen LogP contribution in [0.4, 0.5) is 0 Å². The van der Waals surface area contributed by atoms with Gasteiger partial charge in [0.15, 0.2) is 0 Å². The summed E-state index contributed by atoms with van der Waals surface area (Å²) in [6, 6.07) is 19.0. The van der Waals surface area contributed by atoms with Crippen molar-refractivity contribution in [3.05, 3.63) is 71.8 Å². The topological polar surface area (TPSA) is 38.8 Å². The third-order valence-electron chi connectivity index (χ3n) is 3.82. The van der Waals surface area contributed by atoms with Gasteiger partial charge in [-0.25, -0.2) is 4.79 Å². The Morgan fingerprint density at radius 3 is 1.92 bits per heavy atom. The zero-order chi connectivity index (χ0) is 18.1. The molecule has 2 aromatic rings. The van der Waals surface area contributed by atoms with Crippen LogP contribution < -0.4 is 0 Å². The van der Waals surface area contributed by atoms with Crippen molar-refractivity contribution in [2.24, 2.45) is 0 Å². The molecule has 0 unspecified atom stereocenters. The summed E-state index contributed by atoms with van der Waals surface area (Å²) >= 11 is 3.38. The Kier molecular flexibility index (Phi) is 7.62. The van der Waals surface area contributed by atoms with Crippen LogP contribution in [0, 0.1) is 0 Å². The zero-order valence-electron chi connectivity index (χ0n) is 14.7. The summed E-state index contributed by atoms with van der Waals surface area (Å²) in [5, 5.41) is 0.624. The van der Waals surface area contributed by atoms with E-state index in [1.165, 1.54) is 0 Å². The molecule has 0 heterocycles. The molecular weight excluding hydrogens is 382 g/mol. The van der Waals surface area contributed by atoms with Crippen molar-refractivity contribution in [1.82, 2.24) is 4.90 Å². The van der Waals surface area contributed by atoms with Gasteiger partial charge >= 0.3 is 5.97 Å². The zero-order valence-corrected chi connectivity index (χ0v) is 16.2. The molecule has 4 nitrogen and oxygen atoms in total. The largest absolute Gasteiger partial charge is 0.462 e. The molecule has 134 valence electrons. The molecule has 5 heteroatoms. The van der Waals surface area contributed by atoms with Gasteiger partial charge < -0.3 is 14.4 Å². The first-order chi connectivity index (χ1) is 12.1. The minimum atomic E-state index is -1.28. The van der Waals surface area contributed by atoms with Gasteiger partial charge in [0, 0.05) is 11.9 Å². The van der Waals surface area contributed by atoms with Crippen LogP contribution >= 0.6 is 15.9 Å². The summed E-state index contributed by atoms with van der Waals surface area (Å²) in [5.41, 5.74) is 0.247. The van der Waals surface area contributed by atoms with E-state index < -0.39 is 11.6 Å². The molecule has 2 aromatic carbocycles. The van der Waals surface area contributed by atoms with Crippen LogP contribution in [0.2, 0.25) is 0 Å². The molecule has 0 N–H and O–H groups in total. The highest BCUT2D eigenvalue weighted by molar-refractivity contribution is 9.09. The number of carbonyl (C=O) groups excluding carboxylic acids is 1. The second kappa shape index (κ2) is 9.70. The average molecular weight is 406 g/mol. The first-order valence-electron chi connectivity index (χ1n) is 8.24. The minimum absolute atomic E-state index is 0.310. The summed E-state index contributed by atoms with van der Waals surface area (Å²) in [6.45, 7) is 1.35. The van der Waals surface area contributed by atoms with Crippen molar-refractivity contribution in [1.29, 1.82) is 0 Å². The highest BCUT2D eigenvalue weighted by Crippen LogP contribution is 2.35. The molecule has 2 rings (SSSR count). The van der Waals surface area contributed by atoms with Gasteiger partial charge in [-0.15, -0.1) is 0 Å². The van der Waals surface area contributed by atoms with Crippen molar-refractivity contribution in [3.8, 4) is 0 Å². The normalized spacial score (nSPS) is 11.5. The number of esters is 1. The fraction of sp³-hybridized carbons (Fsp3) is 0.350. The molecule has 25 heavy (non-hydrogen) atoms. The molecule has 0 spiro atoms. The highest BCUT2D eigenvalue weighted by Gasteiger charge is 2.45. The van der Waals surface area contributed by atoms with Crippen LogP contribution in [-0.2, 0) is 19.9 Å². The second-order valence-corrected chi connectivity index (χ2v) is 6.68. The molecular formula is C20H24BrNO3. The fourth-order valence-corrected chi connectivity index (χ4v) is 2.75. The maximum absolute atomic E-state index is 13.2. The molecule has 0 saturated heterocycles. The average Bonchev–Trinajstić information content (AvgIpc) is 2.64. The van der Waals surface area contributed by atoms with E-state index in [4.69, 9.17) is 9.47 Å². The second-order valence-electron chi connectivity index (χ2n) is 5.89. The van der Waals surface area contributed by atoms with Crippen molar-refractivity contribution >= 4 is 21.9 Å². The van der Waals surface area contributed by atoms with E-state index >= 15 is 0 Å².